The predicted molar refractivity (Wildman–Crippen MR) is 77.8 cm³/mol. The molecule has 98 valence electrons. The number of Topliss-reactive ketones (excluding diaryl/α,β-unsaturated/α-hetero) is 1. The van der Waals surface area contributed by atoms with Gasteiger partial charge in [0, 0.05) is 4.88 Å². The Morgan fingerprint density at radius 2 is 2.15 bits per heavy atom. The minimum Gasteiger partial charge on any atom is -0.340 e. The molecule has 4 nitrogen and oxygen atoms in total. The number of ketones is 1. The second-order valence-electron chi connectivity index (χ2n) is 4.48. The smallest absolute Gasteiger partial charge is 0.197 e. The summed E-state index contributed by atoms with van der Waals surface area (Å²) in [6, 6.07) is 13.2. The predicted octanol–water partition coefficient (Wildman–Crippen LogP) is 3.42. The summed E-state index contributed by atoms with van der Waals surface area (Å²) in [5.41, 5.74) is 1.59. The minimum absolute atomic E-state index is 0.204. The second-order valence-corrected chi connectivity index (χ2v) is 5.76. The zero-order valence-corrected chi connectivity index (χ0v) is 11.6. The number of imidazole rings is 1. The van der Waals surface area contributed by atoms with Gasteiger partial charge in [-0.15, -0.1) is 11.3 Å². The van der Waals surface area contributed by atoms with Gasteiger partial charge in [-0.1, -0.05) is 12.1 Å². The Morgan fingerprint density at radius 1 is 1.35 bits per heavy atom. The van der Waals surface area contributed by atoms with Crippen LogP contribution in [0, 0.1) is 18.3 Å². The number of aromatic amines is 1. The summed E-state index contributed by atoms with van der Waals surface area (Å²) in [6.45, 7) is 1.93. The molecule has 5 heteroatoms. The van der Waals surface area contributed by atoms with E-state index in [4.69, 9.17) is 0 Å². The van der Waals surface area contributed by atoms with Crippen molar-refractivity contribution in [2.45, 2.75) is 12.8 Å². The van der Waals surface area contributed by atoms with Crippen molar-refractivity contribution in [2.75, 3.05) is 0 Å². The van der Waals surface area contributed by atoms with Crippen LogP contribution in [-0.4, -0.2) is 15.8 Å². The largest absolute Gasteiger partial charge is 0.340 e. The van der Waals surface area contributed by atoms with Crippen LogP contribution < -0.4 is 0 Å². The lowest BCUT2D eigenvalue weighted by atomic mass is 10.0. The highest BCUT2D eigenvalue weighted by Crippen LogP contribution is 2.25. The number of para-hydroxylation sites is 2. The lowest BCUT2D eigenvalue weighted by Gasteiger charge is -2.02. The molecular weight excluding hydrogens is 270 g/mol. The molecule has 1 N–H and O–H groups in total. The van der Waals surface area contributed by atoms with Gasteiger partial charge in [-0.2, -0.15) is 5.26 Å². The van der Waals surface area contributed by atoms with Crippen LogP contribution in [0.25, 0.3) is 11.0 Å². The first-order chi connectivity index (χ1) is 9.69. The van der Waals surface area contributed by atoms with E-state index in [9.17, 15) is 10.1 Å². The molecule has 0 saturated heterocycles. The minimum atomic E-state index is -0.888. The average molecular weight is 281 g/mol. The van der Waals surface area contributed by atoms with E-state index in [1.807, 2.05) is 37.3 Å². The SMILES string of the molecule is Cc1ccc(C(=O)C(C#N)c2nc3ccccc3[nH]2)s1. The number of hydrogen-bond donors (Lipinski definition) is 1. The van der Waals surface area contributed by atoms with Gasteiger partial charge in [0.1, 0.15) is 5.82 Å². The van der Waals surface area contributed by atoms with Crippen LogP contribution >= 0.6 is 11.3 Å². The first-order valence-electron chi connectivity index (χ1n) is 6.14. The van der Waals surface area contributed by atoms with Crippen molar-refractivity contribution in [2.24, 2.45) is 0 Å². The first kappa shape index (κ1) is 12.6. The quantitative estimate of drug-likeness (QED) is 0.748. The van der Waals surface area contributed by atoms with Crippen molar-refractivity contribution in [1.82, 2.24) is 9.97 Å². The van der Waals surface area contributed by atoms with E-state index in [0.717, 1.165) is 15.9 Å². The van der Waals surface area contributed by atoms with E-state index in [-0.39, 0.29) is 5.78 Å². The van der Waals surface area contributed by atoms with Gasteiger partial charge >= 0.3 is 0 Å². The number of aromatic nitrogens is 2. The number of fused-ring (bicyclic) bond motifs is 1. The molecule has 0 saturated carbocycles. The van der Waals surface area contributed by atoms with Gasteiger partial charge in [0.2, 0.25) is 0 Å². The molecule has 20 heavy (non-hydrogen) atoms. The highest BCUT2D eigenvalue weighted by molar-refractivity contribution is 7.14. The molecule has 1 aromatic carbocycles. The standard InChI is InChI=1S/C15H11N3OS/c1-9-6-7-13(20-9)14(19)10(8-16)15-17-11-4-2-3-5-12(11)18-15/h2-7,10H,1H3,(H,17,18). The summed E-state index contributed by atoms with van der Waals surface area (Å²) in [5.74, 6) is -0.685. The molecule has 2 aromatic heterocycles. The number of aryl methyl sites for hydroxylation is 1. The van der Waals surface area contributed by atoms with Crippen LogP contribution in [-0.2, 0) is 0 Å². The van der Waals surface area contributed by atoms with Crippen molar-refractivity contribution in [3.8, 4) is 6.07 Å². The van der Waals surface area contributed by atoms with Crippen LogP contribution in [0.15, 0.2) is 36.4 Å². The van der Waals surface area contributed by atoms with E-state index in [2.05, 4.69) is 16.0 Å². The molecule has 0 aliphatic rings. The zero-order valence-electron chi connectivity index (χ0n) is 10.8. The van der Waals surface area contributed by atoms with Gasteiger partial charge in [-0.05, 0) is 31.2 Å². The maximum Gasteiger partial charge on any atom is 0.197 e. The van der Waals surface area contributed by atoms with E-state index in [1.165, 1.54) is 11.3 Å². The number of rotatable bonds is 3. The number of hydrogen-bond acceptors (Lipinski definition) is 4. The van der Waals surface area contributed by atoms with Crippen molar-refractivity contribution in [3.05, 3.63) is 52.0 Å². The summed E-state index contributed by atoms with van der Waals surface area (Å²) in [6.07, 6.45) is 0. The molecule has 0 spiro atoms. The van der Waals surface area contributed by atoms with Crippen LogP contribution in [0.3, 0.4) is 0 Å². The normalized spacial score (nSPS) is 12.2. The summed E-state index contributed by atoms with van der Waals surface area (Å²) in [7, 11) is 0. The topological polar surface area (TPSA) is 69.5 Å². The highest BCUT2D eigenvalue weighted by atomic mass is 32.1. The molecule has 0 bridgehead atoms. The summed E-state index contributed by atoms with van der Waals surface area (Å²) < 4.78 is 0. The van der Waals surface area contributed by atoms with Crippen LogP contribution in [0.4, 0.5) is 0 Å². The fraction of sp³-hybridized carbons (Fsp3) is 0.133. The third-order valence-corrected chi connectivity index (χ3v) is 4.07. The van der Waals surface area contributed by atoms with Crippen LogP contribution in [0.5, 0.6) is 0 Å². The van der Waals surface area contributed by atoms with Gasteiger partial charge < -0.3 is 4.98 Å². The maximum atomic E-state index is 12.4. The van der Waals surface area contributed by atoms with E-state index in [1.54, 1.807) is 6.07 Å². The molecule has 3 rings (SSSR count). The molecule has 0 radical (unpaired) electrons. The summed E-state index contributed by atoms with van der Waals surface area (Å²) in [4.78, 5) is 21.4. The van der Waals surface area contributed by atoms with Gasteiger partial charge in [0.05, 0.1) is 22.0 Å². The van der Waals surface area contributed by atoms with Crippen LogP contribution in [0.2, 0.25) is 0 Å². The number of nitrogens with zero attached hydrogens (tertiary/aromatic N) is 2. The number of carbonyl (C=O) groups is 1. The van der Waals surface area contributed by atoms with E-state index < -0.39 is 5.92 Å². The summed E-state index contributed by atoms with van der Waals surface area (Å²) in [5, 5.41) is 9.32. The Morgan fingerprint density at radius 3 is 2.80 bits per heavy atom. The number of carbonyl (C=O) groups excluding carboxylic acids is 1. The van der Waals surface area contributed by atoms with Crippen LogP contribution in [0.1, 0.15) is 26.3 Å². The molecule has 2 heterocycles. The van der Waals surface area contributed by atoms with Crippen molar-refractivity contribution in [1.29, 1.82) is 5.26 Å². The Hall–Kier alpha value is -2.45. The van der Waals surface area contributed by atoms with E-state index >= 15 is 0 Å². The third-order valence-electron chi connectivity index (χ3n) is 3.06. The van der Waals surface area contributed by atoms with Crippen molar-refractivity contribution >= 4 is 28.2 Å². The first-order valence-corrected chi connectivity index (χ1v) is 6.95. The molecule has 3 aromatic rings. The van der Waals surface area contributed by atoms with Gasteiger partial charge in [-0.3, -0.25) is 4.79 Å². The molecule has 1 atom stereocenters. The monoisotopic (exact) mass is 281 g/mol. The van der Waals surface area contributed by atoms with Gasteiger partial charge in [-0.25, -0.2) is 4.98 Å². The average Bonchev–Trinajstić information content (AvgIpc) is 3.05. The number of nitriles is 1. The Balaban J connectivity index is 2.01. The Labute approximate surface area is 119 Å². The Kier molecular flexibility index (Phi) is 3.09. The third kappa shape index (κ3) is 2.10. The lowest BCUT2D eigenvalue weighted by molar-refractivity contribution is 0.0980. The molecule has 0 aliphatic heterocycles. The van der Waals surface area contributed by atoms with Crippen molar-refractivity contribution < 1.29 is 4.79 Å². The summed E-state index contributed by atoms with van der Waals surface area (Å²) >= 11 is 1.40. The highest BCUT2D eigenvalue weighted by Gasteiger charge is 2.26. The molecule has 1 unspecified atom stereocenters. The zero-order chi connectivity index (χ0) is 14.1. The molecule has 0 aliphatic carbocycles. The molecular formula is C15H11N3OS. The molecule has 0 amide bonds. The lowest BCUT2D eigenvalue weighted by Crippen LogP contribution is -2.11. The molecule has 0 fully saturated rings. The number of benzene rings is 1. The van der Waals surface area contributed by atoms with Crippen molar-refractivity contribution in [3.63, 3.8) is 0 Å². The van der Waals surface area contributed by atoms with Gasteiger partial charge in [0.15, 0.2) is 11.7 Å². The number of H-pyrrole nitrogens is 1. The fourth-order valence-electron chi connectivity index (χ4n) is 2.06. The number of thiophene rings is 1. The fourth-order valence-corrected chi connectivity index (χ4v) is 2.90. The Bertz CT molecular complexity index is 792. The second kappa shape index (κ2) is 4.91. The number of nitrogens with one attached hydrogen (secondary N) is 1. The van der Waals surface area contributed by atoms with E-state index in [0.29, 0.717) is 10.7 Å². The maximum absolute atomic E-state index is 12.4. The van der Waals surface area contributed by atoms with Gasteiger partial charge in [0.25, 0.3) is 0 Å².